The highest BCUT2D eigenvalue weighted by atomic mass is 28.4. The van der Waals surface area contributed by atoms with E-state index in [0.29, 0.717) is 5.92 Å². The van der Waals surface area contributed by atoms with Crippen molar-refractivity contribution in [3.05, 3.63) is 0 Å². The summed E-state index contributed by atoms with van der Waals surface area (Å²) < 4.78 is 11.3. The largest absolute Gasteiger partial charge is 0.467 e. The van der Waals surface area contributed by atoms with Crippen LogP contribution >= 0.6 is 0 Å². The Bertz CT molecular complexity index is 359. The number of carbonyl (C=O) groups excluding carboxylic acids is 1. The summed E-state index contributed by atoms with van der Waals surface area (Å²) in [5.74, 6) is 0.298. The summed E-state index contributed by atoms with van der Waals surface area (Å²) in [6.07, 6.45) is 6.56. The van der Waals surface area contributed by atoms with Crippen LogP contribution in [-0.2, 0) is 14.0 Å². The SMILES string of the molecule is COC(=O)C(O[Si](C)(C)C(C)(C)C)C(N)CC1CCCCC1. The molecule has 5 heteroatoms. The summed E-state index contributed by atoms with van der Waals surface area (Å²) in [4.78, 5) is 12.2. The van der Waals surface area contributed by atoms with Crippen LogP contribution in [0.3, 0.4) is 0 Å². The molecular weight excluding hydrogens is 294 g/mol. The molecule has 22 heavy (non-hydrogen) atoms. The van der Waals surface area contributed by atoms with E-state index in [2.05, 4.69) is 33.9 Å². The van der Waals surface area contributed by atoms with Crippen LogP contribution in [0.2, 0.25) is 18.1 Å². The van der Waals surface area contributed by atoms with Gasteiger partial charge in [-0.05, 0) is 30.5 Å². The average Bonchev–Trinajstić information content (AvgIpc) is 2.43. The van der Waals surface area contributed by atoms with Gasteiger partial charge in [0.25, 0.3) is 0 Å². The van der Waals surface area contributed by atoms with Crippen LogP contribution < -0.4 is 5.73 Å². The first kappa shape index (κ1) is 19.7. The fourth-order valence-electron chi connectivity index (χ4n) is 2.85. The van der Waals surface area contributed by atoms with Gasteiger partial charge in [0.2, 0.25) is 0 Å². The van der Waals surface area contributed by atoms with E-state index in [1.165, 1.54) is 39.2 Å². The maximum Gasteiger partial charge on any atom is 0.335 e. The molecule has 4 nitrogen and oxygen atoms in total. The summed E-state index contributed by atoms with van der Waals surface area (Å²) in [7, 11) is -0.642. The number of hydrogen-bond acceptors (Lipinski definition) is 4. The van der Waals surface area contributed by atoms with Crippen LogP contribution in [0.1, 0.15) is 59.3 Å². The number of esters is 1. The van der Waals surface area contributed by atoms with E-state index in [9.17, 15) is 4.79 Å². The second-order valence-corrected chi connectivity index (χ2v) is 13.0. The zero-order chi connectivity index (χ0) is 17.0. The number of methoxy groups -OCH3 is 1. The smallest absolute Gasteiger partial charge is 0.335 e. The van der Waals surface area contributed by atoms with Gasteiger partial charge in [-0.25, -0.2) is 4.79 Å². The van der Waals surface area contributed by atoms with Crippen LogP contribution in [-0.4, -0.2) is 33.5 Å². The average molecular weight is 330 g/mol. The Balaban J connectivity index is 2.76. The molecule has 0 amide bonds. The Kier molecular flexibility index (Phi) is 7.08. The lowest BCUT2D eigenvalue weighted by atomic mass is 9.84. The molecule has 2 atom stereocenters. The Labute approximate surface area is 137 Å². The van der Waals surface area contributed by atoms with Crippen LogP contribution in [0.4, 0.5) is 0 Å². The third-order valence-corrected chi connectivity index (χ3v) is 9.84. The lowest BCUT2D eigenvalue weighted by Crippen LogP contribution is -2.53. The summed E-state index contributed by atoms with van der Waals surface area (Å²) in [6, 6.07) is -0.273. The van der Waals surface area contributed by atoms with E-state index in [4.69, 9.17) is 14.9 Å². The Morgan fingerprint density at radius 3 is 2.23 bits per heavy atom. The van der Waals surface area contributed by atoms with Crippen LogP contribution in [0.5, 0.6) is 0 Å². The van der Waals surface area contributed by atoms with E-state index < -0.39 is 14.4 Å². The van der Waals surface area contributed by atoms with E-state index in [0.717, 1.165) is 6.42 Å². The van der Waals surface area contributed by atoms with Gasteiger partial charge in [-0.2, -0.15) is 0 Å². The fraction of sp³-hybridized carbons (Fsp3) is 0.941. The molecule has 0 radical (unpaired) electrons. The molecule has 1 aliphatic carbocycles. The minimum atomic E-state index is -2.06. The van der Waals surface area contributed by atoms with Gasteiger partial charge in [0.15, 0.2) is 14.4 Å². The van der Waals surface area contributed by atoms with Crippen molar-refractivity contribution in [3.8, 4) is 0 Å². The maximum atomic E-state index is 12.2. The fourth-order valence-corrected chi connectivity index (χ4v) is 4.11. The maximum absolute atomic E-state index is 12.2. The van der Waals surface area contributed by atoms with Crippen LogP contribution in [0.15, 0.2) is 0 Å². The van der Waals surface area contributed by atoms with Crippen molar-refractivity contribution in [2.45, 2.75) is 89.6 Å². The van der Waals surface area contributed by atoms with Crippen molar-refractivity contribution in [3.63, 3.8) is 0 Å². The molecule has 0 saturated heterocycles. The predicted molar refractivity (Wildman–Crippen MR) is 93.3 cm³/mol. The van der Waals surface area contributed by atoms with Gasteiger partial charge in [-0.1, -0.05) is 52.9 Å². The highest BCUT2D eigenvalue weighted by molar-refractivity contribution is 6.74. The van der Waals surface area contributed by atoms with Gasteiger partial charge in [-0.15, -0.1) is 0 Å². The summed E-state index contributed by atoms with van der Waals surface area (Å²) in [5.41, 5.74) is 6.37. The number of carbonyl (C=O) groups is 1. The number of rotatable bonds is 6. The highest BCUT2D eigenvalue weighted by Gasteiger charge is 2.43. The number of hydrogen-bond donors (Lipinski definition) is 1. The van der Waals surface area contributed by atoms with Gasteiger partial charge >= 0.3 is 5.97 Å². The molecule has 2 N–H and O–H groups in total. The molecule has 0 aromatic heterocycles. The standard InChI is InChI=1S/C17H35NO3Si/c1-17(2,3)22(5,6)21-15(16(19)20-4)14(18)12-13-10-8-7-9-11-13/h13-15H,7-12,18H2,1-6H3. The second-order valence-electron chi connectivity index (χ2n) is 8.23. The molecule has 1 fully saturated rings. The normalized spacial score (nSPS) is 20.5. The third kappa shape index (κ3) is 5.35. The van der Waals surface area contributed by atoms with Gasteiger partial charge in [0, 0.05) is 6.04 Å². The Morgan fingerprint density at radius 2 is 1.77 bits per heavy atom. The minimum absolute atomic E-state index is 0.0455. The molecule has 130 valence electrons. The molecule has 0 bridgehead atoms. The molecule has 1 saturated carbocycles. The molecular formula is C17H35NO3Si. The van der Waals surface area contributed by atoms with Crippen molar-refractivity contribution < 1.29 is 14.0 Å². The highest BCUT2D eigenvalue weighted by Crippen LogP contribution is 2.38. The molecule has 0 aromatic carbocycles. The van der Waals surface area contributed by atoms with Gasteiger partial charge in [0.1, 0.15) is 0 Å². The van der Waals surface area contributed by atoms with Gasteiger partial charge in [-0.3, -0.25) is 0 Å². The monoisotopic (exact) mass is 329 g/mol. The lowest BCUT2D eigenvalue weighted by Gasteiger charge is -2.40. The first-order chi connectivity index (χ1) is 10.1. The third-order valence-electron chi connectivity index (χ3n) is 5.38. The molecule has 1 rings (SSSR count). The van der Waals surface area contributed by atoms with Crippen molar-refractivity contribution >= 4 is 14.3 Å². The molecule has 0 aromatic rings. The summed E-state index contributed by atoms with van der Waals surface area (Å²) in [6.45, 7) is 10.8. The van der Waals surface area contributed by atoms with Crippen molar-refractivity contribution in [2.75, 3.05) is 7.11 Å². The Morgan fingerprint density at radius 1 is 1.23 bits per heavy atom. The van der Waals surface area contributed by atoms with Gasteiger partial charge < -0.3 is 14.9 Å². The Hall–Kier alpha value is -0.393. The van der Waals surface area contributed by atoms with Gasteiger partial charge in [0.05, 0.1) is 7.11 Å². The summed E-state index contributed by atoms with van der Waals surface area (Å²) >= 11 is 0. The molecule has 0 aliphatic heterocycles. The molecule has 0 heterocycles. The van der Waals surface area contributed by atoms with Crippen molar-refractivity contribution in [2.24, 2.45) is 11.7 Å². The van der Waals surface area contributed by atoms with Crippen molar-refractivity contribution in [1.82, 2.24) is 0 Å². The zero-order valence-electron chi connectivity index (χ0n) is 15.3. The first-order valence-corrected chi connectivity index (χ1v) is 11.5. The van der Waals surface area contributed by atoms with Crippen LogP contribution in [0.25, 0.3) is 0 Å². The van der Waals surface area contributed by atoms with Crippen LogP contribution in [0, 0.1) is 5.92 Å². The number of nitrogens with two attached hydrogens (primary N) is 1. The zero-order valence-corrected chi connectivity index (χ0v) is 16.3. The quantitative estimate of drug-likeness (QED) is 0.594. The van der Waals surface area contributed by atoms with E-state index in [1.54, 1.807) is 0 Å². The predicted octanol–water partition coefficient (Wildman–Crippen LogP) is 3.85. The second kappa shape index (κ2) is 7.93. The summed E-state index contributed by atoms with van der Waals surface area (Å²) in [5, 5.41) is 0.0455. The van der Waals surface area contributed by atoms with E-state index in [-0.39, 0.29) is 17.0 Å². The first-order valence-electron chi connectivity index (χ1n) is 8.59. The molecule has 0 spiro atoms. The molecule has 2 unspecified atom stereocenters. The van der Waals surface area contributed by atoms with Crippen molar-refractivity contribution in [1.29, 1.82) is 0 Å². The topological polar surface area (TPSA) is 61.5 Å². The van der Waals surface area contributed by atoms with E-state index >= 15 is 0 Å². The number of ether oxygens (including phenoxy) is 1. The van der Waals surface area contributed by atoms with E-state index in [1.807, 2.05) is 0 Å². The lowest BCUT2D eigenvalue weighted by molar-refractivity contribution is -0.150. The minimum Gasteiger partial charge on any atom is -0.467 e. The molecule has 1 aliphatic rings.